The highest BCUT2D eigenvalue weighted by atomic mass is 35.5. The summed E-state index contributed by atoms with van der Waals surface area (Å²) < 4.78 is 37.1. The summed E-state index contributed by atoms with van der Waals surface area (Å²) in [5, 5.41) is 0.474. The van der Waals surface area contributed by atoms with Gasteiger partial charge in [-0.15, -0.1) is 0 Å². The van der Waals surface area contributed by atoms with Crippen molar-refractivity contribution in [2.24, 2.45) is 0 Å². The highest BCUT2D eigenvalue weighted by molar-refractivity contribution is 6.31. The van der Waals surface area contributed by atoms with Gasteiger partial charge in [0.15, 0.2) is 0 Å². The molecule has 21 heavy (non-hydrogen) atoms. The van der Waals surface area contributed by atoms with Gasteiger partial charge in [0, 0.05) is 25.5 Å². The van der Waals surface area contributed by atoms with Crippen LogP contribution in [0.2, 0.25) is 5.02 Å². The normalized spacial score (nSPS) is 19.6. The van der Waals surface area contributed by atoms with Gasteiger partial charge in [-0.25, -0.2) is 0 Å². The molecule has 1 aliphatic heterocycles. The van der Waals surface area contributed by atoms with E-state index in [-0.39, 0.29) is 6.54 Å². The van der Waals surface area contributed by atoms with Crippen LogP contribution in [0.15, 0.2) is 18.5 Å². The van der Waals surface area contributed by atoms with Crippen LogP contribution in [0.3, 0.4) is 0 Å². The van der Waals surface area contributed by atoms with Gasteiger partial charge in [-0.05, 0) is 25.1 Å². The second-order valence-corrected chi connectivity index (χ2v) is 5.47. The first-order chi connectivity index (χ1) is 9.78. The molecule has 1 fully saturated rings. The van der Waals surface area contributed by atoms with E-state index in [4.69, 9.17) is 11.6 Å². The number of nitrogens with zero attached hydrogens (tertiary/aromatic N) is 3. The Kier molecular flexibility index (Phi) is 4.73. The monoisotopic (exact) mass is 321 g/mol. The maximum absolute atomic E-state index is 12.4. The van der Waals surface area contributed by atoms with Crippen LogP contribution in [-0.2, 0) is 11.3 Å². The van der Waals surface area contributed by atoms with Crippen LogP contribution in [0.1, 0.15) is 12.0 Å². The third kappa shape index (κ3) is 4.07. The van der Waals surface area contributed by atoms with Crippen molar-refractivity contribution < 1.29 is 18.0 Å². The average Bonchev–Trinajstić information content (AvgIpc) is 2.72. The molecule has 1 unspecified atom stereocenters. The molecule has 0 bridgehead atoms. The lowest BCUT2D eigenvalue weighted by Gasteiger charge is -2.24. The van der Waals surface area contributed by atoms with E-state index in [9.17, 15) is 18.0 Å². The topological polar surface area (TPSA) is 36.4 Å². The van der Waals surface area contributed by atoms with Crippen LogP contribution in [0.5, 0.6) is 0 Å². The van der Waals surface area contributed by atoms with Crippen LogP contribution in [0.4, 0.5) is 13.2 Å². The molecular weight excluding hydrogens is 307 g/mol. The van der Waals surface area contributed by atoms with Gasteiger partial charge >= 0.3 is 6.18 Å². The van der Waals surface area contributed by atoms with Crippen LogP contribution < -0.4 is 0 Å². The molecule has 4 nitrogen and oxygen atoms in total. The van der Waals surface area contributed by atoms with Gasteiger partial charge in [0.25, 0.3) is 0 Å². The predicted octanol–water partition coefficient (Wildman–Crippen LogP) is 2.33. The molecule has 1 aromatic rings. The van der Waals surface area contributed by atoms with E-state index in [1.165, 1.54) is 6.20 Å². The van der Waals surface area contributed by atoms with Gasteiger partial charge in [-0.1, -0.05) is 11.6 Å². The smallest absolute Gasteiger partial charge is 0.332 e. The molecule has 1 saturated heterocycles. The van der Waals surface area contributed by atoms with Gasteiger partial charge in [0.1, 0.15) is 6.54 Å². The maximum atomic E-state index is 12.4. The lowest BCUT2D eigenvalue weighted by atomic mass is 10.2. The number of likely N-dealkylation sites (tertiary alicyclic amines) is 1. The minimum absolute atomic E-state index is 0.122. The summed E-state index contributed by atoms with van der Waals surface area (Å²) >= 11 is 5.99. The number of halogens is 4. The summed E-state index contributed by atoms with van der Waals surface area (Å²) in [6.07, 6.45) is -0.899. The predicted molar refractivity (Wildman–Crippen MR) is 71.8 cm³/mol. The zero-order valence-electron chi connectivity index (χ0n) is 11.4. The third-order valence-electron chi connectivity index (χ3n) is 3.45. The highest BCUT2D eigenvalue weighted by Gasteiger charge is 2.40. The van der Waals surface area contributed by atoms with Crippen LogP contribution in [0, 0.1) is 0 Å². The molecule has 0 aromatic carbocycles. The molecule has 2 heterocycles. The van der Waals surface area contributed by atoms with Gasteiger partial charge < -0.3 is 4.90 Å². The van der Waals surface area contributed by atoms with Gasteiger partial charge in [-0.2, -0.15) is 13.2 Å². The van der Waals surface area contributed by atoms with E-state index in [1.807, 2.05) is 0 Å². The van der Waals surface area contributed by atoms with E-state index in [2.05, 4.69) is 4.98 Å². The number of hydrogen-bond donors (Lipinski definition) is 0. The highest BCUT2D eigenvalue weighted by Crippen LogP contribution is 2.24. The van der Waals surface area contributed by atoms with Crippen molar-refractivity contribution in [3.05, 3.63) is 29.0 Å². The molecule has 0 aliphatic carbocycles. The minimum Gasteiger partial charge on any atom is -0.332 e. The molecular formula is C13H15ClF3N3O. The zero-order valence-corrected chi connectivity index (χ0v) is 12.2. The second kappa shape index (κ2) is 6.19. The first-order valence-electron chi connectivity index (χ1n) is 6.42. The molecule has 8 heteroatoms. The molecule has 116 valence electrons. The molecule has 1 atom stereocenters. The number of likely N-dealkylation sites (N-methyl/N-ethyl adjacent to an activating group) is 1. The van der Waals surface area contributed by atoms with Gasteiger partial charge in [-0.3, -0.25) is 14.7 Å². The van der Waals surface area contributed by atoms with E-state index in [0.717, 1.165) is 10.5 Å². The average molecular weight is 322 g/mol. The molecule has 1 aliphatic rings. The minimum atomic E-state index is -4.36. The third-order valence-corrected chi connectivity index (χ3v) is 3.79. The number of pyridine rings is 1. The Labute approximate surface area is 125 Å². The van der Waals surface area contributed by atoms with E-state index in [0.29, 0.717) is 18.0 Å². The van der Waals surface area contributed by atoms with Gasteiger partial charge in [0.2, 0.25) is 5.91 Å². The molecule has 2 rings (SSSR count). The van der Waals surface area contributed by atoms with Crippen molar-refractivity contribution in [3.8, 4) is 0 Å². The second-order valence-electron chi connectivity index (χ2n) is 5.06. The number of carbonyl (C=O) groups is 1. The number of hydrogen-bond acceptors (Lipinski definition) is 3. The summed E-state index contributed by atoms with van der Waals surface area (Å²) in [6, 6.07) is 1.18. The van der Waals surface area contributed by atoms with Crippen LogP contribution >= 0.6 is 11.6 Å². The fraction of sp³-hybridized carbons (Fsp3) is 0.538. The van der Waals surface area contributed by atoms with E-state index in [1.54, 1.807) is 24.2 Å². The molecule has 0 spiro atoms. The Hall–Kier alpha value is -1.34. The number of carbonyl (C=O) groups excluding carboxylic acids is 1. The lowest BCUT2D eigenvalue weighted by molar-refractivity contribution is -0.159. The van der Waals surface area contributed by atoms with Crippen molar-refractivity contribution in [2.45, 2.75) is 25.2 Å². The summed E-state index contributed by atoms with van der Waals surface area (Å²) in [5.74, 6) is -0.486. The Morgan fingerprint density at radius 2 is 2.24 bits per heavy atom. The van der Waals surface area contributed by atoms with Crippen molar-refractivity contribution in [2.75, 3.05) is 20.1 Å². The summed E-state index contributed by atoms with van der Waals surface area (Å²) in [7, 11) is 1.70. The first-order valence-corrected chi connectivity index (χ1v) is 6.80. The molecule has 1 amide bonds. The van der Waals surface area contributed by atoms with Crippen LogP contribution in [-0.4, -0.2) is 53.0 Å². The Balaban J connectivity index is 2.00. The molecule has 1 aromatic heterocycles. The Morgan fingerprint density at radius 3 is 2.86 bits per heavy atom. The number of rotatable bonds is 4. The zero-order chi connectivity index (χ0) is 15.6. The quantitative estimate of drug-likeness (QED) is 0.854. The maximum Gasteiger partial charge on any atom is 0.406 e. The summed E-state index contributed by atoms with van der Waals surface area (Å²) in [5.41, 5.74) is 0.788. The van der Waals surface area contributed by atoms with Crippen molar-refractivity contribution in [1.29, 1.82) is 0 Å². The number of amides is 1. The molecule has 0 radical (unpaired) electrons. The largest absolute Gasteiger partial charge is 0.406 e. The standard InChI is InChI=1S/C13H15ClF3N3O/c1-19(7-9-2-4-18-6-10(9)14)11-3-5-20(12(11)21)8-13(15,16)17/h2,4,6,11H,3,5,7-8H2,1H3. The fourth-order valence-electron chi connectivity index (χ4n) is 2.42. The Bertz CT molecular complexity index is 524. The lowest BCUT2D eigenvalue weighted by Crippen LogP contribution is -2.42. The number of alkyl halides is 3. The molecule has 0 saturated carbocycles. The summed E-state index contributed by atoms with van der Waals surface area (Å²) in [4.78, 5) is 18.5. The van der Waals surface area contributed by atoms with Crippen molar-refractivity contribution in [1.82, 2.24) is 14.8 Å². The van der Waals surface area contributed by atoms with Crippen molar-refractivity contribution in [3.63, 3.8) is 0 Å². The molecule has 0 N–H and O–H groups in total. The first kappa shape index (κ1) is 16.0. The van der Waals surface area contributed by atoms with E-state index >= 15 is 0 Å². The Morgan fingerprint density at radius 1 is 1.52 bits per heavy atom. The van der Waals surface area contributed by atoms with E-state index < -0.39 is 24.7 Å². The van der Waals surface area contributed by atoms with Gasteiger partial charge in [0.05, 0.1) is 11.1 Å². The number of aromatic nitrogens is 1. The van der Waals surface area contributed by atoms with Crippen LogP contribution in [0.25, 0.3) is 0 Å². The SMILES string of the molecule is CN(Cc1ccncc1Cl)C1CCN(CC(F)(F)F)C1=O. The van der Waals surface area contributed by atoms with Crippen molar-refractivity contribution >= 4 is 17.5 Å². The summed E-state index contributed by atoms with van der Waals surface area (Å²) in [6.45, 7) is -0.679. The fourth-order valence-corrected chi connectivity index (χ4v) is 2.60.